The molecular weight excluding hydrogens is 278 g/mol. The van der Waals surface area contributed by atoms with Crippen LogP contribution in [0, 0.1) is 12.3 Å². The molecule has 90 valence electrons. The molecule has 3 heteroatoms. The van der Waals surface area contributed by atoms with Crippen molar-refractivity contribution in [3.63, 3.8) is 0 Å². The Morgan fingerprint density at radius 3 is 3.18 bits per heavy atom. The zero-order valence-electron chi connectivity index (χ0n) is 9.87. The first-order chi connectivity index (χ1) is 8.22. The third-order valence-corrected chi connectivity index (χ3v) is 3.46. The molecule has 17 heavy (non-hydrogen) atoms. The minimum Gasteiger partial charge on any atom is -0.488 e. The maximum atomic E-state index is 5.85. The van der Waals surface area contributed by atoms with E-state index in [1.165, 1.54) is 5.56 Å². The molecule has 0 saturated heterocycles. The molecule has 0 aromatic heterocycles. The lowest BCUT2D eigenvalue weighted by atomic mass is 10.1. The van der Waals surface area contributed by atoms with Gasteiger partial charge in [-0.05, 0) is 30.2 Å². The molecule has 0 amide bonds. The Kier molecular flexibility index (Phi) is 4.09. The summed E-state index contributed by atoms with van der Waals surface area (Å²) in [5, 5.41) is 3.34. The monoisotopic (exact) mass is 293 g/mol. The molecule has 1 aliphatic heterocycles. The van der Waals surface area contributed by atoms with Crippen LogP contribution >= 0.6 is 15.9 Å². The highest BCUT2D eigenvalue weighted by Gasteiger charge is 2.23. The molecule has 1 aromatic rings. The number of benzene rings is 1. The SMILES string of the molecule is C#CC(CC)NCC1Cc2cc(Br)ccc2O1. The molecule has 1 aliphatic rings. The number of hydrogen-bond donors (Lipinski definition) is 1. The Hall–Kier alpha value is -0.980. The first-order valence-corrected chi connectivity index (χ1v) is 6.66. The largest absolute Gasteiger partial charge is 0.488 e. The van der Waals surface area contributed by atoms with Gasteiger partial charge in [0.2, 0.25) is 0 Å². The zero-order chi connectivity index (χ0) is 12.3. The van der Waals surface area contributed by atoms with Crippen LogP contribution in [0.4, 0.5) is 0 Å². The molecule has 2 unspecified atom stereocenters. The number of halogens is 1. The molecule has 1 N–H and O–H groups in total. The smallest absolute Gasteiger partial charge is 0.123 e. The fourth-order valence-corrected chi connectivity index (χ4v) is 2.41. The fraction of sp³-hybridized carbons (Fsp3) is 0.429. The van der Waals surface area contributed by atoms with Crippen LogP contribution in [0.5, 0.6) is 5.75 Å². The van der Waals surface area contributed by atoms with E-state index >= 15 is 0 Å². The predicted molar refractivity (Wildman–Crippen MR) is 73.2 cm³/mol. The van der Waals surface area contributed by atoms with E-state index in [-0.39, 0.29) is 12.1 Å². The maximum Gasteiger partial charge on any atom is 0.123 e. The van der Waals surface area contributed by atoms with Gasteiger partial charge in [0.15, 0.2) is 0 Å². The summed E-state index contributed by atoms with van der Waals surface area (Å²) in [6.07, 6.45) is 7.50. The minimum atomic E-state index is 0.147. The summed E-state index contributed by atoms with van der Waals surface area (Å²) in [7, 11) is 0. The maximum absolute atomic E-state index is 5.85. The second-order valence-corrected chi connectivity index (χ2v) is 5.15. The van der Waals surface area contributed by atoms with Gasteiger partial charge < -0.3 is 4.74 Å². The van der Waals surface area contributed by atoms with Gasteiger partial charge in [-0.15, -0.1) is 6.42 Å². The van der Waals surface area contributed by atoms with Crippen molar-refractivity contribution in [2.45, 2.75) is 31.9 Å². The number of terminal acetylenes is 1. The van der Waals surface area contributed by atoms with Gasteiger partial charge in [0.05, 0.1) is 6.04 Å². The molecular formula is C14H16BrNO. The Morgan fingerprint density at radius 1 is 1.65 bits per heavy atom. The average molecular weight is 294 g/mol. The van der Waals surface area contributed by atoms with Crippen LogP contribution in [-0.2, 0) is 6.42 Å². The number of nitrogens with one attached hydrogen (secondary N) is 1. The van der Waals surface area contributed by atoms with Gasteiger partial charge in [0.25, 0.3) is 0 Å². The number of ether oxygens (including phenoxy) is 1. The average Bonchev–Trinajstić information content (AvgIpc) is 2.72. The minimum absolute atomic E-state index is 0.147. The lowest BCUT2D eigenvalue weighted by molar-refractivity contribution is 0.224. The summed E-state index contributed by atoms with van der Waals surface area (Å²) in [6, 6.07) is 6.28. The van der Waals surface area contributed by atoms with E-state index in [2.05, 4.69) is 40.2 Å². The summed E-state index contributed by atoms with van der Waals surface area (Å²) in [4.78, 5) is 0. The van der Waals surface area contributed by atoms with Crippen molar-refractivity contribution in [3.05, 3.63) is 28.2 Å². The van der Waals surface area contributed by atoms with Crippen LogP contribution in [-0.4, -0.2) is 18.7 Å². The van der Waals surface area contributed by atoms with Gasteiger partial charge >= 0.3 is 0 Å². The standard InChI is InChI=1S/C14H16BrNO/c1-3-12(4-2)16-9-13-8-10-7-11(15)5-6-14(10)17-13/h1,5-7,12-13,16H,4,8-9H2,2H3. The topological polar surface area (TPSA) is 21.3 Å². The van der Waals surface area contributed by atoms with E-state index < -0.39 is 0 Å². The fourth-order valence-electron chi connectivity index (χ4n) is 2.00. The Bertz CT molecular complexity index is 438. The van der Waals surface area contributed by atoms with E-state index in [0.29, 0.717) is 0 Å². The highest BCUT2D eigenvalue weighted by molar-refractivity contribution is 9.10. The molecule has 0 aliphatic carbocycles. The molecule has 2 rings (SSSR count). The third kappa shape index (κ3) is 3.02. The highest BCUT2D eigenvalue weighted by Crippen LogP contribution is 2.30. The summed E-state index contributed by atoms with van der Waals surface area (Å²) < 4.78 is 6.95. The van der Waals surface area contributed by atoms with Crippen LogP contribution in [0.3, 0.4) is 0 Å². The van der Waals surface area contributed by atoms with Gasteiger partial charge in [0, 0.05) is 17.4 Å². The lowest BCUT2D eigenvalue weighted by Gasteiger charge is -2.15. The van der Waals surface area contributed by atoms with E-state index in [4.69, 9.17) is 11.2 Å². The van der Waals surface area contributed by atoms with E-state index in [1.807, 2.05) is 12.1 Å². The first-order valence-electron chi connectivity index (χ1n) is 5.87. The van der Waals surface area contributed by atoms with Crippen molar-refractivity contribution >= 4 is 15.9 Å². The van der Waals surface area contributed by atoms with Crippen LogP contribution in [0.25, 0.3) is 0 Å². The molecule has 0 radical (unpaired) electrons. The molecule has 1 heterocycles. The van der Waals surface area contributed by atoms with Crippen molar-refractivity contribution < 1.29 is 4.74 Å². The van der Waals surface area contributed by atoms with Crippen LogP contribution < -0.4 is 10.1 Å². The van der Waals surface area contributed by atoms with Crippen molar-refractivity contribution in [1.29, 1.82) is 0 Å². The van der Waals surface area contributed by atoms with Gasteiger partial charge in [-0.25, -0.2) is 0 Å². The number of fused-ring (bicyclic) bond motifs is 1. The summed E-state index contributed by atoms with van der Waals surface area (Å²) in [6.45, 7) is 2.88. The van der Waals surface area contributed by atoms with Crippen LogP contribution in [0.1, 0.15) is 18.9 Å². The predicted octanol–water partition coefficient (Wildman–Crippen LogP) is 2.75. The highest BCUT2D eigenvalue weighted by atomic mass is 79.9. The Labute approximate surface area is 111 Å². The molecule has 0 fully saturated rings. The van der Waals surface area contributed by atoms with E-state index in [9.17, 15) is 0 Å². The van der Waals surface area contributed by atoms with Gasteiger partial charge in [-0.1, -0.05) is 28.8 Å². The van der Waals surface area contributed by atoms with Gasteiger partial charge in [-0.2, -0.15) is 0 Å². The number of hydrogen-bond acceptors (Lipinski definition) is 2. The van der Waals surface area contributed by atoms with Crippen molar-refractivity contribution in [3.8, 4) is 18.1 Å². The molecule has 0 bridgehead atoms. The molecule has 2 nitrogen and oxygen atoms in total. The summed E-state index contributed by atoms with van der Waals surface area (Å²) >= 11 is 3.47. The number of rotatable bonds is 4. The first kappa shape index (κ1) is 12.5. The zero-order valence-corrected chi connectivity index (χ0v) is 11.5. The molecule has 2 atom stereocenters. The van der Waals surface area contributed by atoms with Crippen LogP contribution in [0.2, 0.25) is 0 Å². The third-order valence-electron chi connectivity index (χ3n) is 2.97. The lowest BCUT2D eigenvalue weighted by Crippen LogP contribution is -2.36. The molecule has 1 aromatic carbocycles. The van der Waals surface area contributed by atoms with E-state index in [0.717, 1.165) is 29.6 Å². The van der Waals surface area contributed by atoms with Crippen LogP contribution in [0.15, 0.2) is 22.7 Å². The van der Waals surface area contributed by atoms with Gasteiger partial charge in [0.1, 0.15) is 11.9 Å². The Morgan fingerprint density at radius 2 is 2.47 bits per heavy atom. The second-order valence-electron chi connectivity index (χ2n) is 4.23. The second kappa shape index (κ2) is 5.57. The quantitative estimate of drug-likeness (QED) is 0.862. The van der Waals surface area contributed by atoms with Gasteiger partial charge in [-0.3, -0.25) is 5.32 Å². The molecule has 0 saturated carbocycles. The van der Waals surface area contributed by atoms with Crippen molar-refractivity contribution in [2.75, 3.05) is 6.54 Å². The van der Waals surface area contributed by atoms with E-state index in [1.54, 1.807) is 0 Å². The summed E-state index contributed by atoms with van der Waals surface area (Å²) in [5.41, 5.74) is 1.26. The Balaban J connectivity index is 1.90. The normalized spacial score (nSPS) is 19.2. The van der Waals surface area contributed by atoms with Crippen molar-refractivity contribution in [1.82, 2.24) is 5.32 Å². The van der Waals surface area contributed by atoms with Crippen molar-refractivity contribution in [2.24, 2.45) is 0 Å². The molecule has 0 spiro atoms. The summed E-state index contributed by atoms with van der Waals surface area (Å²) in [5.74, 6) is 3.73.